The van der Waals surface area contributed by atoms with Crippen LogP contribution in [-0.2, 0) is 4.79 Å². The van der Waals surface area contributed by atoms with Crippen molar-refractivity contribution in [2.24, 2.45) is 11.8 Å². The van der Waals surface area contributed by atoms with Gasteiger partial charge < -0.3 is 15.5 Å². The minimum atomic E-state index is 0.279. The number of nitrogens with zero attached hydrogens (tertiary/aromatic N) is 5. The fourth-order valence-corrected chi connectivity index (χ4v) is 5.04. The van der Waals surface area contributed by atoms with E-state index in [0.29, 0.717) is 29.5 Å². The molecule has 4 fully saturated rings. The van der Waals surface area contributed by atoms with Gasteiger partial charge in [0.15, 0.2) is 5.82 Å². The van der Waals surface area contributed by atoms with Crippen molar-refractivity contribution < 1.29 is 4.79 Å². The number of hydrogen-bond donors (Lipinski definition) is 1. The highest BCUT2D eigenvalue weighted by Gasteiger charge is 2.45. The molecular formula is C25H30N6O. The molecular weight excluding hydrogens is 400 g/mol. The average molecular weight is 431 g/mol. The van der Waals surface area contributed by atoms with E-state index in [1.54, 1.807) is 12.3 Å². The van der Waals surface area contributed by atoms with E-state index in [2.05, 4.69) is 32.6 Å². The highest BCUT2D eigenvalue weighted by atomic mass is 16.2. The molecule has 6 rings (SSSR count). The smallest absolute Gasteiger partial charge is 0.226 e. The fraction of sp³-hybridized carbons (Fsp3) is 0.520. The number of amides is 1. The first-order chi connectivity index (χ1) is 15.6. The zero-order valence-electron chi connectivity index (χ0n) is 18.4. The van der Waals surface area contributed by atoms with E-state index >= 15 is 0 Å². The van der Waals surface area contributed by atoms with Crippen LogP contribution in [0.2, 0.25) is 0 Å². The molecule has 166 valence electrons. The maximum absolute atomic E-state index is 12.9. The van der Waals surface area contributed by atoms with Crippen LogP contribution in [0.25, 0.3) is 17.2 Å². The summed E-state index contributed by atoms with van der Waals surface area (Å²) in [6.45, 7) is 6.21. The molecule has 0 aromatic carbocycles. The van der Waals surface area contributed by atoms with Crippen LogP contribution in [0.15, 0.2) is 24.9 Å². The van der Waals surface area contributed by atoms with Crippen molar-refractivity contribution in [1.82, 2.24) is 20.1 Å². The van der Waals surface area contributed by atoms with Gasteiger partial charge in [-0.15, -0.1) is 0 Å². The van der Waals surface area contributed by atoms with Gasteiger partial charge in [-0.1, -0.05) is 6.58 Å². The summed E-state index contributed by atoms with van der Waals surface area (Å²) in [5, 5.41) is 8.23. The highest BCUT2D eigenvalue weighted by Crippen LogP contribution is 2.46. The van der Waals surface area contributed by atoms with Crippen LogP contribution in [0.1, 0.15) is 55.8 Å². The van der Waals surface area contributed by atoms with Gasteiger partial charge in [0.2, 0.25) is 5.91 Å². The molecule has 0 spiro atoms. The van der Waals surface area contributed by atoms with Crippen molar-refractivity contribution in [3.63, 3.8) is 0 Å². The number of nitrogen functional groups attached to an aromatic ring is 1. The van der Waals surface area contributed by atoms with Gasteiger partial charge in [0, 0.05) is 42.6 Å². The first-order valence-corrected chi connectivity index (χ1v) is 11.9. The van der Waals surface area contributed by atoms with Crippen LogP contribution < -0.4 is 10.6 Å². The number of piperazine rings is 1. The van der Waals surface area contributed by atoms with Gasteiger partial charge >= 0.3 is 0 Å². The van der Waals surface area contributed by atoms with Gasteiger partial charge in [0.1, 0.15) is 0 Å². The second-order valence-electron chi connectivity index (χ2n) is 9.84. The van der Waals surface area contributed by atoms with Crippen LogP contribution in [-0.4, -0.2) is 51.7 Å². The first kappa shape index (κ1) is 19.7. The second-order valence-corrected chi connectivity index (χ2v) is 9.84. The lowest BCUT2D eigenvalue weighted by atomic mass is 10.0. The molecule has 2 N–H and O–H groups in total. The summed E-state index contributed by atoms with van der Waals surface area (Å²) in [5.41, 5.74) is 11.2. The molecule has 7 nitrogen and oxygen atoms in total. The summed E-state index contributed by atoms with van der Waals surface area (Å²) in [6, 6.07) is 4.35. The maximum atomic E-state index is 12.9. The largest absolute Gasteiger partial charge is 0.396 e. The predicted octanol–water partition coefficient (Wildman–Crippen LogP) is 3.48. The van der Waals surface area contributed by atoms with Crippen LogP contribution in [0.4, 0.5) is 11.5 Å². The van der Waals surface area contributed by atoms with E-state index in [4.69, 9.17) is 10.7 Å². The van der Waals surface area contributed by atoms with E-state index in [1.165, 1.54) is 12.8 Å². The third kappa shape index (κ3) is 3.63. The molecule has 1 atom stereocenters. The van der Waals surface area contributed by atoms with Gasteiger partial charge in [-0.05, 0) is 62.7 Å². The standard InChI is InChI=1S/C25H30N6O/c1-2-19-11-18(13-27-29-19)20-12-21(26)24(28-23(20)16-5-6-16)30-9-10-31(25(32)17-7-8-17)22(14-30)15-3-4-15/h2,11-13,15-17,22H,1,3-10,14,26H2. The number of anilines is 2. The SMILES string of the molecule is C=Cc1cc(-c2cc(N)c(N3CCN(C(=O)C4CC4)C(C4CC4)C3)nc2C2CC2)cnn1. The topological polar surface area (TPSA) is 88.2 Å². The maximum Gasteiger partial charge on any atom is 0.226 e. The zero-order valence-corrected chi connectivity index (χ0v) is 18.4. The van der Waals surface area contributed by atoms with Crippen LogP contribution >= 0.6 is 0 Å². The summed E-state index contributed by atoms with van der Waals surface area (Å²) >= 11 is 0. The molecule has 2 aromatic heterocycles. The number of aromatic nitrogens is 3. The van der Waals surface area contributed by atoms with E-state index in [1.807, 2.05) is 6.07 Å². The predicted molar refractivity (Wildman–Crippen MR) is 125 cm³/mol. The summed E-state index contributed by atoms with van der Waals surface area (Å²) < 4.78 is 0. The Labute approximate surface area is 188 Å². The third-order valence-corrected chi connectivity index (χ3v) is 7.31. The normalized spacial score (nSPS) is 23.3. The number of carbonyl (C=O) groups excluding carboxylic acids is 1. The molecule has 7 heteroatoms. The van der Waals surface area contributed by atoms with Gasteiger partial charge in [-0.25, -0.2) is 4.98 Å². The zero-order chi connectivity index (χ0) is 21.8. The molecule has 3 heterocycles. The van der Waals surface area contributed by atoms with E-state index in [0.717, 1.165) is 73.7 Å². The number of carbonyl (C=O) groups is 1. The summed E-state index contributed by atoms with van der Waals surface area (Å²) in [4.78, 5) is 22.5. The molecule has 1 unspecified atom stereocenters. The van der Waals surface area contributed by atoms with Crippen LogP contribution in [0.5, 0.6) is 0 Å². The molecule has 1 amide bonds. The highest BCUT2D eigenvalue weighted by molar-refractivity contribution is 5.82. The average Bonchev–Trinajstić information content (AvgIpc) is 3.66. The van der Waals surface area contributed by atoms with Gasteiger partial charge in [-0.2, -0.15) is 10.2 Å². The van der Waals surface area contributed by atoms with E-state index in [9.17, 15) is 4.79 Å². The quantitative estimate of drug-likeness (QED) is 0.755. The molecule has 4 aliphatic rings. The second kappa shape index (κ2) is 7.57. The van der Waals surface area contributed by atoms with Gasteiger partial charge in [-0.3, -0.25) is 4.79 Å². The monoisotopic (exact) mass is 430 g/mol. The Morgan fingerprint density at radius 3 is 2.62 bits per heavy atom. The Hall–Kier alpha value is -2.96. The molecule has 0 bridgehead atoms. The van der Waals surface area contributed by atoms with E-state index < -0.39 is 0 Å². The molecule has 32 heavy (non-hydrogen) atoms. The summed E-state index contributed by atoms with van der Waals surface area (Å²) in [5.74, 6) is 2.64. The minimum absolute atomic E-state index is 0.279. The Kier molecular flexibility index (Phi) is 4.66. The Balaban J connectivity index is 1.32. The lowest BCUT2D eigenvalue weighted by Crippen LogP contribution is -2.57. The van der Waals surface area contributed by atoms with Crippen molar-refractivity contribution >= 4 is 23.5 Å². The Morgan fingerprint density at radius 1 is 1.12 bits per heavy atom. The minimum Gasteiger partial charge on any atom is -0.396 e. The summed E-state index contributed by atoms with van der Waals surface area (Å²) in [7, 11) is 0. The number of nitrogens with two attached hydrogens (primary N) is 1. The molecule has 2 aromatic rings. The number of rotatable bonds is 6. The molecule has 3 aliphatic carbocycles. The number of hydrogen-bond acceptors (Lipinski definition) is 6. The Bertz CT molecular complexity index is 1070. The lowest BCUT2D eigenvalue weighted by molar-refractivity contribution is -0.135. The third-order valence-electron chi connectivity index (χ3n) is 7.31. The Morgan fingerprint density at radius 2 is 1.94 bits per heavy atom. The molecule has 3 saturated carbocycles. The summed E-state index contributed by atoms with van der Waals surface area (Å²) in [6.07, 6.45) is 10.4. The first-order valence-electron chi connectivity index (χ1n) is 11.9. The van der Waals surface area contributed by atoms with Crippen LogP contribution in [0, 0.1) is 11.8 Å². The van der Waals surface area contributed by atoms with Crippen molar-refractivity contribution in [2.75, 3.05) is 30.3 Å². The van der Waals surface area contributed by atoms with Crippen molar-refractivity contribution in [1.29, 1.82) is 0 Å². The van der Waals surface area contributed by atoms with Crippen molar-refractivity contribution in [3.05, 3.63) is 36.3 Å². The van der Waals surface area contributed by atoms with Crippen molar-refractivity contribution in [3.8, 4) is 11.1 Å². The fourth-order valence-electron chi connectivity index (χ4n) is 5.04. The number of pyridine rings is 1. The molecule has 0 radical (unpaired) electrons. The van der Waals surface area contributed by atoms with Gasteiger partial charge in [0.25, 0.3) is 0 Å². The van der Waals surface area contributed by atoms with Crippen molar-refractivity contribution in [2.45, 2.75) is 50.5 Å². The van der Waals surface area contributed by atoms with Gasteiger partial charge in [0.05, 0.1) is 29.3 Å². The lowest BCUT2D eigenvalue weighted by Gasteiger charge is -2.43. The van der Waals surface area contributed by atoms with Crippen LogP contribution in [0.3, 0.4) is 0 Å². The molecule has 1 aliphatic heterocycles. The van der Waals surface area contributed by atoms with E-state index in [-0.39, 0.29) is 5.92 Å². The molecule has 1 saturated heterocycles.